The highest BCUT2D eigenvalue weighted by Gasteiger charge is 2.26. The predicted molar refractivity (Wildman–Crippen MR) is 83.8 cm³/mol. The van der Waals surface area contributed by atoms with Crippen molar-refractivity contribution in [2.45, 2.75) is 4.90 Å². The summed E-state index contributed by atoms with van der Waals surface area (Å²) in [5.41, 5.74) is 1.27. The molecular weight excluding hydrogens is 336 g/mol. The van der Waals surface area contributed by atoms with E-state index in [1.54, 1.807) is 12.1 Å². The Bertz CT molecular complexity index is 735. The molecule has 1 aliphatic rings. The van der Waals surface area contributed by atoms with Crippen LogP contribution in [0.5, 0.6) is 0 Å². The molecule has 0 aliphatic heterocycles. The Morgan fingerprint density at radius 1 is 0.900 bits per heavy atom. The highest BCUT2D eigenvalue weighted by molar-refractivity contribution is 9.10. The molecule has 0 saturated carbocycles. The minimum Gasteiger partial charge on any atom is -0.286 e. The molecule has 0 heterocycles. The number of fused-ring (bicyclic) bond motifs is 1. The highest BCUT2D eigenvalue weighted by Crippen LogP contribution is 2.39. The van der Waals surface area contributed by atoms with Gasteiger partial charge in [-0.15, -0.1) is 0 Å². The van der Waals surface area contributed by atoms with E-state index in [-0.39, 0.29) is 0 Å². The molecule has 0 aromatic heterocycles. The zero-order chi connectivity index (χ0) is 14.1. The molecule has 0 unspecified atom stereocenters. The van der Waals surface area contributed by atoms with E-state index in [9.17, 15) is 9.59 Å². The summed E-state index contributed by atoms with van der Waals surface area (Å²) in [7, 11) is 0. The molecule has 0 spiro atoms. The number of carbonyl (C=O) groups is 2. The number of hydrogen-bond acceptors (Lipinski definition) is 3. The molecule has 0 saturated heterocycles. The van der Waals surface area contributed by atoms with E-state index >= 15 is 0 Å². The third-order valence-corrected chi connectivity index (χ3v) is 4.51. The summed E-state index contributed by atoms with van der Waals surface area (Å²) in [4.78, 5) is 25.5. The molecule has 0 bridgehead atoms. The van der Waals surface area contributed by atoms with E-state index in [1.165, 1.54) is 17.8 Å². The Hall–Kier alpha value is -1.65. The molecule has 98 valence electrons. The molecule has 4 heteroatoms. The van der Waals surface area contributed by atoms with Gasteiger partial charge in [0.1, 0.15) is 0 Å². The summed E-state index contributed by atoms with van der Waals surface area (Å²) in [5.74, 6) is -0.900. The van der Waals surface area contributed by atoms with Gasteiger partial charge in [0, 0.05) is 31.5 Å². The van der Waals surface area contributed by atoms with E-state index in [0.717, 1.165) is 19.8 Å². The Morgan fingerprint density at radius 2 is 1.65 bits per heavy atom. The maximum absolute atomic E-state index is 11.9. The smallest absolute Gasteiger partial charge is 0.233 e. The quantitative estimate of drug-likeness (QED) is 0.759. The molecule has 2 nitrogen and oxygen atoms in total. The third kappa shape index (κ3) is 2.49. The van der Waals surface area contributed by atoms with Crippen molar-refractivity contribution < 1.29 is 9.59 Å². The lowest BCUT2D eigenvalue weighted by Crippen LogP contribution is -2.17. The van der Waals surface area contributed by atoms with Crippen LogP contribution >= 0.6 is 27.7 Å². The third-order valence-electron chi connectivity index (χ3n) is 2.95. The lowest BCUT2D eigenvalue weighted by Gasteiger charge is -2.16. The average molecular weight is 345 g/mol. The summed E-state index contributed by atoms with van der Waals surface area (Å²) >= 11 is 4.89. The first-order valence-corrected chi connectivity index (χ1v) is 7.59. The van der Waals surface area contributed by atoms with Crippen molar-refractivity contribution in [3.05, 3.63) is 70.2 Å². The van der Waals surface area contributed by atoms with Crippen LogP contribution in [0.1, 0.15) is 15.9 Å². The largest absolute Gasteiger partial charge is 0.286 e. The number of carbonyl (C=O) groups excluding carboxylic acids is 2. The van der Waals surface area contributed by atoms with Crippen molar-refractivity contribution >= 4 is 44.2 Å². The molecule has 0 radical (unpaired) electrons. The van der Waals surface area contributed by atoms with Gasteiger partial charge in [-0.2, -0.15) is 0 Å². The normalized spacial score (nSPS) is 13.9. The first kappa shape index (κ1) is 13.3. The van der Waals surface area contributed by atoms with E-state index in [1.807, 2.05) is 36.4 Å². The molecule has 2 aromatic rings. The average Bonchev–Trinajstić information content (AvgIpc) is 2.45. The van der Waals surface area contributed by atoms with Crippen molar-refractivity contribution in [2.24, 2.45) is 0 Å². The number of ketones is 2. The van der Waals surface area contributed by atoms with Crippen molar-refractivity contribution in [1.82, 2.24) is 0 Å². The zero-order valence-electron chi connectivity index (χ0n) is 10.3. The van der Waals surface area contributed by atoms with Gasteiger partial charge in [-0.3, -0.25) is 9.59 Å². The molecule has 1 aliphatic carbocycles. The van der Waals surface area contributed by atoms with Crippen LogP contribution in [-0.4, -0.2) is 11.6 Å². The molecule has 20 heavy (non-hydrogen) atoms. The van der Waals surface area contributed by atoms with Gasteiger partial charge in [0.2, 0.25) is 11.6 Å². The van der Waals surface area contributed by atoms with Crippen LogP contribution in [0.15, 0.2) is 64.0 Å². The van der Waals surface area contributed by atoms with Gasteiger partial charge in [0.05, 0.1) is 0 Å². The predicted octanol–water partition coefficient (Wildman–Crippen LogP) is 4.35. The Kier molecular flexibility index (Phi) is 3.59. The Balaban J connectivity index is 2.07. The van der Waals surface area contributed by atoms with Crippen LogP contribution in [0.25, 0.3) is 4.91 Å². The zero-order valence-corrected chi connectivity index (χ0v) is 12.7. The van der Waals surface area contributed by atoms with E-state index in [4.69, 9.17) is 0 Å². The van der Waals surface area contributed by atoms with Crippen molar-refractivity contribution in [2.75, 3.05) is 0 Å². The van der Waals surface area contributed by atoms with Gasteiger partial charge in [-0.05, 0) is 30.3 Å². The van der Waals surface area contributed by atoms with Gasteiger partial charge >= 0.3 is 0 Å². The molecule has 0 N–H and O–H groups in total. The summed E-state index contributed by atoms with van der Waals surface area (Å²) < 4.78 is 0.887. The highest BCUT2D eigenvalue weighted by atomic mass is 79.9. The van der Waals surface area contributed by atoms with Gasteiger partial charge in [0.25, 0.3) is 0 Å². The van der Waals surface area contributed by atoms with Gasteiger partial charge in [0.15, 0.2) is 0 Å². The van der Waals surface area contributed by atoms with Gasteiger partial charge < -0.3 is 0 Å². The lowest BCUT2D eigenvalue weighted by molar-refractivity contribution is -0.110. The summed E-state index contributed by atoms with van der Waals surface area (Å²) in [5, 5.41) is 0. The number of rotatable bonds is 2. The SMILES string of the molecule is O=C1C=C(Sc2ccccc2)c2cc(Br)ccc2C1=O. The minimum atomic E-state index is -0.460. The second-order valence-electron chi connectivity index (χ2n) is 4.31. The molecule has 3 rings (SSSR count). The maximum Gasteiger partial charge on any atom is 0.233 e. The van der Waals surface area contributed by atoms with Crippen LogP contribution in [-0.2, 0) is 4.79 Å². The summed E-state index contributed by atoms with van der Waals surface area (Å²) in [6.45, 7) is 0. The second kappa shape index (κ2) is 5.38. The molecule has 2 aromatic carbocycles. The molecular formula is C16H9BrO2S. The van der Waals surface area contributed by atoms with Crippen molar-refractivity contribution in [1.29, 1.82) is 0 Å². The topological polar surface area (TPSA) is 34.1 Å². The fourth-order valence-electron chi connectivity index (χ4n) is 2.01. The summed E-state index contributed by atoms with van der Waals surface area (Å²) in [6.07, 6.45) is 1.43. The van der Waals surface area contributed by atoms with Crippen molar-refractivity contribution in [3.8, 4) is 0 Å². The number of benzene rings is 2. The second-order valence-corrected chi connectivity index (χ2v) is 6.34. The van der Waals surface area contributed by atoms with Crippen LogP contribution in [0.3, 0.4) is 0 Å². The van der Waals surface area contributed by atoms with Crippen LogP contribution in [0.2, 0.25) is 0 Å². The lowest BCUT2D eigenvalue weighted by atomic mass is 9.95. The van der Waals surface area contributed by atoms with E-state index in [2.05, 4.69) is 15.9 Å². The number of hydrogen-bond donors (Lipinski definition) is 0. The van der Waals surface area contributed by atoms with E-state index < -0.39 is 11.6 Å². The summed E-state index contributed by atoms with van der Waals surface area (Å²) in [6, 6.07) is 15.1. The molecule has 0 atom stereocenters. The van der Waals surface area contributed by atoms with Crippen LogP contribution in [0.4, 0.5) is 0 Å². The first-order chi connectivity index (χ1) is 9.65. The fourth-order valence-corrected chi connectivity index (χ4v) is 3.37. The number of thioether (sulfide) groups is 1. The number of Topliss-reactive ketones (excluding diaryl/α,β-unsaturated/α-hetero) is 1. The molecule has 0 amide bonds. The van der Waals surface area contributed by atoms with Gasteiger partial charge in [-0.1, -0.05) is 45.9 Å². The van der Waals surface area contributed by atoms with Crippen LogP contribution in [0, 0.1) is 0 Å². The maximum atomic E-state index is 11.9. The van der Waals surface area contributed by atoms with Gasteiger partial charge in [-0.25, -0.2) is 0 Å². The number of halogens is 1. The number of allylic oxidation sites excluding steroid dienone is 1. The Morgan fingerprint density at radius 3 is 2.40 bits per heavy atom. The van der Waals surface area contributed by atoms with E-state index in [0.29, 0.717) is 5.56 Å². The van der Waals surface area contributed by atoms with Crippen LogP contribution < -0.4 is 0 Å². The fraction of sp³-hybridized carbons (Fsp3) is 0. The minimum absolute atomic E-state index is 0.440. The first-order valence-electron chi connectivity index (χ1n) is 5.98. The van der Waals surface area contributed by atoms with Crippen molar-refractivity contribution in [3.63, 3.8) is 0 Å². The monoisotopic (exact) mass is 344 g/mol. The standard InChI is InChI=1S/C16H9BrO2S/c17-10-6-7-12-13(8-10)15(9-14(18)16(12)19)20-11-4-2-1-3-5-11/h1-9H. The molecule has 0 fully saturated rings. The Labute approximate surface area is 129 Å².